The molecule has 1 N–H and O–H groups in total. The maximum atomic E-state index is 6.16. The van der Waals surface area contributed by atoms with Crippen LogP contribution in [0.1, 0.15) is 46.5 Å². The molecule has 0 aromatic rings. The zero-order valence-corrected chi connectivity index (χ0v) is 11.9. The molecular weight excluding hydrogens is 214 g/mol. The maximum Gasteiger partial charge on any atom is 0.0787 e. The lowest BCUT2D eigenvalue weighted by atomic mass is 9.77. The van der Waals surface area contributed by atoms with Crippen molar-refractivity contribution in [2.45, 2.75) is 58.2 Å². The molecule has 0 radical (unpaired) electrons. The standard InChI is InChI=1S/C14H29NO2/c1-12(2)10-15-9-8-14(6-5-7-14)17-13(3)11-16-4/h12-13,15H,5-11H2,1-4H3. The first kappa shape index (κ1) is 14.9. The number of hydrogen-bond donors (Lipinski definition) is 1. The topological polar surface area (TPSA) is 30.5 Å². The predicted octanol–water partition coefficient (Wildman–Crippen LogP) is 2.60. The lowest BCUT2D eigenvalue weighted by molar-refractivity contribution is -0.150. The van der Waals surface area contributed by atoms with Gasteiger partial charge in [-0.1, -0.05) is 13.8 Å². The highest BCUT2D eigenvalue weighted by molar-refractivity contribution is 4.91. The largest absolute Gasteiger partial charge is 0.382 e. The Morgan fingerprint density at radius 2 is 1.94 bits per heavy atom. The molecule has 0 amide bonds. The average Bonchev–Trinajstić information content (AvgIpc) is 2.20. The van der Waals surface area contributed by atoms with Crippen molar-refractivity contribution in [1.82, 2.24) is 5.32 Å². The molecule has 0 heterocycles. The summed E-state index contributed by atoms with van der Waals surface area (Å²) in [5, 5.41) is 3.50. The minimum absolute atomic E-state index is 0.141. The highest BCUT2D eigenvalue weighted by Gasteiger charge is 2.38. The first-order chi connectivity index (χ1) is 8.08. The Labute approximate surface area is 106 Å². The number of methoxy groups -OCH3 is 1. The van der Waals surface area contributed by atoms with E-state index in [0.717, 1.165) is 25.4 Å². The van der Waals surface area contributed by atoms with E-state index in [2.05, 4.69) is 26.1 Å². The van der Waals surface area contributed by atoms with Crippen molar-refractivity contribution >= 4 is 0 Å². The van der Waals surface area contributed by atoms with Crippen LogP contribution in [0, 0.1) is 5.92 Å². The number of nitrogens with one attached hydrogen (secondary N) is 1. The van der Waals surface area contributed by atoms with Crippen molar-refractivity contribution in [2.24, 2.45) is 5.92 Å². The Morgan fingerprint density at radius 1 is 1.24 bits per heavy atom. The van der Waals surface area contributed by atoms with Gasteiger partial charge in [-0.15, -0.1) is 0 Å². The minimum Gasteiger partial charge on any atom is -0.382 e. The van der Waals surface area contributed by atoms with Crippen LogP contribution in [0.2, 0.25) is 0 Å². The average molecular weight is 243 g/mol. The van der Waals surface area contributed by atoms with Gasteiger partial charge in [0, 0.05) is 7.11 Å². The van der Waals surface area contributed by atoms with E-state index in [9.17, 15) is 0 Å². The Bertz CT molecular complexity index is 202. The Balaban J connectivity index is 2.21. The Morgan fingerprint density at radius 3 is 2.41 bits per heavy atom. The molecule has 0 bridgehead atoms. The lowest BCUT2D eigenvalue weighted by Crippen LogP contribution is -2.45. The van der Waals surface area contributed by atoms with Crippen LogP contribution in [-0.4, -0.2) is 38.5 Å². The van der Waals surface area contributed by atoms with E-state index in [1.807, 2.05) is 0 Å². The molecule has 17 heavy (non-hydrogen) atoms. The van der Waals surface area contributed by atoms with Crippen molar-refractivity contribution in [3.05, 3.63) is 0 Å². The van der Waals surface area contributed by atoms with Gasteiger partial charge >= 0.3 is 0 Å². The van der Waals surface area contributed by atoms with Crippen molar-refractivity contribution in [3.8, 4) is 0 Å². The van der Waals surface area contributed by atoms with Gasteiger partial charge in [0.15, 0.2) is 0 Å². The van der Waals surface area contributed by atoms with E-state index in [-0.39, 0.29) is 11.7 Å². The van der Waals surface area contributed by atoms with Crippen LogP contribution in [0.3, 0.4) is 0 Å². The molecule has 1 rings (SSSR count). The Hall–Kier alpha value is -0.120. The van der Waals surface area contributed by atoms with Crippen LogP contribution in [0.5, 0.6) is 0 Å². The highest BCUT2D eigenvalue weighted by Crippen LogP contribution is 2.39. The molecule has 0 saturated heterocycles. The van der Waals surface area contributed by atoms with Crippen molar-refractivity contribution in [3.63, 3.8) is 0 Å². The summed E-state index contributed by atoms with van der Waals surface area (Å²) in [6.07, 6.45) is 5.08. The molecule has 0 aromatic heterocycles. The van der Waals surface area contributed by atoms with E-state index in [1.54, 1.807) is 7.11 Å². The fraction of sp³-hybridized carbons (Fsp3) is 1.00. The molecule has 1 atom stereocenters. The fourth-order valence-corrected chi connectivity index (χ4v) is 2.40. The van der Waals surface area contributed by atoms with Crippen molar-refractivity contribution in [1.29, 1.82) is 0 Å². The predicted molar refractivity (Wildman–Crippen MR) is 71.3 cm³/mol. The second-order valence-electron chi connectivity index (χ2n) is 5.77. The molecule has 1 fully saturated rings. The summed E-state index contributed by atoms with van der Waals surface area (Å²) in [5.74, 6) is 0.723. The molecule has 3 nitrogen and oxygen atoms in total. The van der Waals surface area contributed by atoms with Gasteiger partial charge in [-0.25, -0.2) is 0 Å². The second kappa shape index (κ2) is 7.34. The van der Waals surface area contributed by atoms with Gasteiger partial charge in [0.25, 0.3) is 0 Å². The van der Waals surface area contributed by atoms with Crippen molar-refractivity contribution in [2.75, 3.05) is 26.8 Å². The molecule has 0 spiro atoms. The monoisotopic (exact) mass is 243 g/mol. The van der Waals surface area contributed by atoms with E-state index >= 15 is 0 Å². The van der Waals surface area contributed by atoms with Gasteiger partial charge in [-0.3, -0.25) is 0 Å². The summed E-state index contributed by atoms with van der Waals surface area (Å²) >= 11 is 0. The second-order valence-corrected chi connectivity index (χ2v) is 5.77. The van der Waals surface area contributed by atoms with Gasteiger partial charge in [0.1, 0.15) is 0 Å². The van der Waals surface area contributed by atoms with Crippen LogP contribution < -0.4 is 5.32 Å². The first-order valence-electron chi connectivity index (χ1n) is 6.95. The quantitative estimate of drug-likeness (QED) is 0.631. The molecule has 1 aliphatic carbocycles. The summed E-state index contributed by atoms with van der Waals surface area (Å²) in [5.41, 5.74) is 0.141. The van der Waals surface area contributed by atoms with Gasteiger partial charge in [0.05, 0.1) is 18.3 Å². The zero-order chi connectivity index (χ0) is 12.7. The minimum atomic E-state index is 0.141. The summed E-state index contributed by atoms with van der Waals surface area (Å²) < 4.78 is 11.3. The number of rotatable bonds is 9. The summed E-state index contributed by atoms with van der Waals surface area (Å²) in [6, 6.07) is 0. The zero-order valence-electron chi connectivity index (χ0n) is 11.9. The summed E-state index contributed by atoms with van der Waals surface area (Å²) in [7, 11) is 1.73. The van der Waals surface area contributed by atoms with E-state index in [0.29, 0.717) is 6.61 Å². The smallest absolute Gasteiger partial charge is 0.0787 e. The number of hydrogen-bond acceptors (Lipinski definition) is 3. The molecule has 0 aliphatic heterocycles. The molecule has 1 saturated carbocycles. The first-order valence-corrected chi connectivity index (χ1v) is 6.95. The van der Waals surface area contributed by atoms with Crippen molar-refractivity contribution < 1.29 is 9.47 Å². The maximum absolute atomic E-state index is 6.16. The van der Waals surface area contributed by atoms with Gasteiger partial charge in [-0.05, 0) is 51.6 Å². The van der Waals surface area contributed by atoms with Crippen LogP contribution >= 0.6 is 0 Å². The normalized spacial score (nSPS) is 20.3. The van der Waals surface area contributed by atoms with Gasteiger partial charge in [0.2, 0.25) is 0 Å². The molecule has 1 unspecified atom stereocenters. The third kappa shape index (κ3) is 5.36. The van der Waals surface area contributed by atoms with E-state index in [4.69, 9.17) is 9.47 Å². The molecule has 1 aliphatic rings. The molecule has 0 aromatic carbocycles. The Kier molecular flexibility index (Phi) is 6.45. The fourth-order valence-electron chi connectivity index (χ4n) is 2.40. The molecule has 3 heteroatoms. The third-order valence-corrected chi connectivity index (χ3v) is 3.43. The van der Waals surface area contributed by atoms with Crippen LogP contribution in [0.15, 0.2) is 0 Å². The molecular formula is C14H29NO2. The van der Waals surface area contributed by atoms with Crippen LogP contribution in [0.25, 0.3) is 0 Å². The SMILES string of the molecule is COCC(C)OC1(CCNCC(C)C)CCC1. The van der Waals surface area contributed by atoms with Gasteiger partial charge in [-0.2, -0.15) is 0 Å². The summed E-state index contributed by atoms with van der Waals surface area (Å²) in [6.45, 7) is 9.44. The van der Waals surface area contributed by atoms with Crippen LogP contribution in [0.4, 0.5) is 0 Å². The number of ether oxygens (including phenoxy) is 2. The van der Waals surface area contributed by atoms with Crippen LogP contribution in [-0.2, 0) is 9.47 Å². The van der Waals surface area contributed by atoms with E-state index < -0.39 is 0 Å². The lowest BCUT2D eigenvalue weighted by Gasteiger charge is -2.43. The third-order valence-electron chi connectivity index (χ3n) is 3.43. The van der Waals surface area contributed by atoms with Gasteiger partial charge < -0.3 is 14.8 Å². The summed E-state index contributed by atoms with van der Waals surface area (Å²) in [4.78, 5) is 0. The van der Waals surface area contributed by atoms with E-state index in [1.165, 1.54) is 19.3 Å². The highest BCUT2D eigenvalue weighted by atomic mass is 16.5. The molecule has 102 valence electrons.